The topological polar surface area (TPSA) is 123 Å². The van der Waals surface area contributed by atoms with E-state index in [1.165, 1.54) is 53.2 Å². The van der Waals surface area contributed by atoms with Gasteiger partial charge in [0.2, 0.25) is 0 Å². The Balaban J connectivity index is 1.58. The van der Waals surface area contributed by atoms with Crippen molar-refractivity contribution in [3.63, 3.8) is 0 Å². The molecule has 240 valence electrons. The van der Waals surface area contributed by atoms with Crippen LogP contribution >= 0.6 is 0 Å². The lowest BCUT2D eigenvalue weighted by Crippen LogP contribution is -2.50. The van der Waals surface area contributed by atoms with Crippen LogP contribution in [0.3, 0.4) is 0 Å². The van der Waals surface area contributed by atoms with Crippen LogP contribution in [-0.4, -0.2) is 71.8 Å². The van der Waals surface area contributed by atoms with Gasteiger partial charge in [-0.15, -0.1) is 0 Å². The zero-order chi connectivity index (χ0) is 32.9. The van der Waals surface area contributed by atoms with Crippen LogP contribution in [0.5, 0.6) is 5.75 Å². The third kappa shape index (κ3) is 8.20. The van der Waals surface area contributed by atoms with Gasteiger partial charge in [0.25, 0.3) is 5.91 Å². The molecule has 0 aromatic heterocycles. The van der Waals surface area contributed by atoms with E-state index < -0.39 is 53.6 Å². The van der Waals surface area contributed by atoms with Gasteiger partial charge in [-0.1, -0.05) is 13.0 Å². The van der Waals surface area contributed by atoms with Crippen molar-refractivity contribution in [1.82, 2.24) is 9.80 Å². The summed E-state index contributed by atoms with van der Waals surface area (Å²) >= 11 is 0. The maximum Gasteiger partial charge on any atom is 0.416 e. The lowest BCUT2D eigenvalue weighted by atomic mass is 9.99. The largest absolute Gasteiger partial charge is 0.485 e. The van der Waals surface area contributed by atoms with E-state index in [4.69, 9.17) is 4.74 Å². The molecule has 1 aliphatic heterocycles. The molecule has 0 unspecified atom stereocenters. The number of anilines is 3. The highest BCUT2D eigenvalue weighted by molar-refractivity contribution is 6.04. The van der Waals surface area contributed by atoms with Gasteiger partial charge in [-0.05, 0) is 67.6 Å². The third-order valence-electron chi connectivity index (χ3n) is 7.31. The smallest absolute Gasteiger partial charge is 0.416 e. The van der Waals surface area contributed by atoms with Crippen molar-refractivity contribution in [2.45, 2.75) is 32.2 Å². The number of urea groups is 2. The minimum atomic E-state index is -4.51. The number of carbonyl (C=O) groups is 3. The maximum absolute atomic E-state index is 13.6. The predicted octanol–water partition coefficient (Wildman–Crippen LogP) is 5.87. The Hall–Kier alpha value is -4.85. The zero-order valence-electron chi connectivity index (χ0n) is 24.7. The minimum Gasteiger partial charge on any atom is -0.485 e. The molecule has 0 spiro atoms. The summed E-state index contributed by atoms with van der Waals surface area (Å²) < 4.78 is 58.4. The number of aliphatic hydroxyl groups excluding tert-OH is 1. The molecule has 0 radical (unpaired) electrons. The number of carbonyl (C=O) groups excluding carboxylic acids is 3. The second-order valence-electron chi connectivity index (χ2n) is 10.8. The van der Waals surface area contributed by atoms with Gasteiger partial charge in [0.1, 0.15) is 11.9 Å². The SMILES string of the molecule is C[C@H](CO)N1C[C@H](C)[C@@H](CN(C)C(=O)Nc2ccc(C(F)(F)F)cc2)Oc2c(NC(=O)Nc3ccc(F)cc3)cccc2C1=O. The van der Waals surface area contributed by atoms with Crippen molar-refractivity contribution < 1.29 is 41.8 Å². The molecule has 3 aromatic carbocycles. The van der Waals surface area contributed by atoms with Gasteiger partial charge >= 0.3 is 18.2 Å². The molecule has 4 N–H and O–H groups in total. The highest BCUT2D eigenvalue weighted by Crippen LogP contribution is 2.35. The van der Waals surface area contributed by atoms with E-state index in [1.807, 2.05) is 0 Å². The van der Waals surface area contributed by atoms with Gasteiger partial charge < -0.3 is 35.6 Å². The number of benzene rings is 3. The van der Waals surface area contributed by atoms with Gasteiger partial charge in [-0.2, -0.15) is 13.2 Å². The van der Waals surface area contributed by atoms with E-state index in [0.29, 0.717) is 5.69 Å². The maximum atomic E-state index is 13.6. The van der Waals surface area contributed by atoms with Crippen molar-refractivity contribution in [2.24, 2.45) is 5.92 Å². The van der Waals surface area contributed by atoms with Gasteiger partial charge in [-0.3, -0.25) is 4.79 Å². The number of nitrogens with zero attached hydrogens (tertiary/aromatic N) is 2. The average molecular weight is 632 g/mol. The first-order valence-corrected chi connectivity index (χ1v) is 14.0. The fraction of sp³-hybridized carbons (Fsp3) is 0.323. The summed E-state index contributed by atoms with van der Waals surface area (Å²) in [6.07, 6.45) is -5.25. The third-order valence-corrected chi connectivity index (χ3v) is 7.31. The molecule has 0 saturated heterocycles. The molecular weight excluding hydrogens is 598 g/mol. The van der Waals surface area contributed by atoms with Gasteiger partial charge in [0, 0.05) is 30.9 Å². The fourth-order valence-corrected chi connectivity index (χ4v) is 4.69. The number of ether oxygens (including phenoxy) is 1. The number of aliphatic hydroxyl groups is 1. The molecular formula is C31H33F4N5O5. The molecule has 3 atom stereocenters. The molecule has 0 fully saturated rings. The first-order valence-electron chi connectivity index (χ1n) is 14.0. The first kappa shape index (κ1) is 33.1. The molecule has 5 amide bonds. The van der Waals surface area contributed by atoms with Crippen molar-refractivity contribution in [2.75, 3.05) is 42.7 Å². The Morgan fingerprint density at radius 1 is 1.02 bits per heavy atom. The Labute approximate surface area is 257 Å². The number of likely N-dealkylation sites (N-methyl/N-ethyl adjacent to an activating group) is 1. The van der Waals surface area contributed by atoms with Crippen LogP contribution in [0.25, 0.3) is 0 Å². The Morgan fingerprint density at radius 2 is 1.64 bits per heavy atom. The number of hydrogen-bond donors (Lipinski definition) is 4. The highest BCUT2D eigenvalue weighted by atomic mass is 19.4. The van der Waals surface area contributed by atoms with Crippen LogP contribution in [0.15, 0.2) is 66.7 Å². The molecule has 0 aliphatic carbocycles. The number of fused-ring (bicyclic) bond motifs is 1. The number of para-hydroxylation sites is 1. The fourth-order valence-electron chi connectivity index (χ4n) is 4.69. The molecule has 1 aliphatic rings. The molecule has 10 nitrogen and oxygen atoms in total. The molecule has 4 rings (SSSR count). The normalized spacial score (nSPS) is 17.2. The minimum absolute atomic E-state index is 0.0152. The number of rotatable bonds is 7. The van der Waals surface area contributed by atoms with Crippen molar-refractivity contribution in [3.05, 3.63) is 83.7 Å². The van der Waals surface area contributed by atoms with Crippen LogP contribution < -0.4 is 20.7 Å². The molecule has 45 heavy (non-hydrogen) atoms. The Morgan fingerprint density at radius 3 is 2.27 bits per heavy atom. The molecule has 14 heteroatoms. The summed E-state index contributed by atoms with van der Waals surface area (Å²) in [4.78, 5) is 42.3. The first-order chi connectivity index (χ1) is 21.3. The highest BCUT2D eigenvalue weighted by Gasteiger charge is 2.35. The molecule has 0 bridgehead atoms. The number of alkyl halides is 3. The van der Waals surface area contributed by atoms with E-state index in [-0.39, 0.29) is 42.4 Å². The average Bonchev–Trinajstić information content (AvgIpc) is 2.99. The van der Waals surface area contributed by atoms with E-state index in [9.17, 15) is 37.1 Å². The Bertz CT molecular complexity index is 1520. The van der Waals surface area contributed by atoms with E-state index in [1.54, 1.807) is 19.9 Å². The monoisotopic (exact) mass is 631 g/mol. The summed E-state index contributed by atoms with van der Waals surface area (Å²) in [5.41, 5.74) is -0.114. The quantitative estimate of drug-likeness (QED) is 0.243. The van der Waals surface area contributed by atoms with Crippen molar-refractivity contribution in [3.8, 4) is 5.75 Å². The van der Waals surface area contributed by atoms with Crippen LogP contribution in [0.1, 0.15) is 29.8 Å². The number of nitrogens with one attached hydrogen (secondary N) is 3. The van der Waals surface area contributed by atoms with Crippen molar-refractivity contribution >= 4 is 35.0 Å². The van der Waals surface area contributed by atoms with Crippen LogP contribution in [0.2, 0.25) is 0 Å². The standard InChI is InChI=1S/C31H33F4N5O5/c1-18-15-40(19(2)17-41)28(42)24-5-4-6-25(38-29(43)36-22-13-9-21(32)10-14-22)27(24)45-26(18)16-39(3)30(44)37-23-11-7-20(8-12-23)31(33,34)35/h4-14,18-19,26,41H,15-17H2,1-3H3,(H,37,44)(H2,36,38,43)/t18-,19+,26+/m0/s1. The molecule has 3 aromatic rings. The zero-order valence-corrected chi connectivity index (χ0v) is 24.7. The summed E-state index contributed by atoms with van der Waals surface area (Å²) in [5, 5.41) is 17.7. The van der Waals surface area contributed by atoms with Gasteiger partial charge in [0.15, 0.2) is 5.75 Å². The predicted molar refractivity (Wildman–Crippen MR) is 160 cm³/mol. The van der Waals surface area contributed by atoms with Gasteiger partial charge in [0.05, 0.1) is 36.0 Å². The number of hydrogen-bond acceptors (Lipinski definition) is 5. The van der Waals surface area contributed by atoms with E-state index >= 15 is 0 Å². The van der Waals surface area contributed by atoms with E-state index in [0.717, 1.165) is 24.3 Å². The molecule has 1 heterocycles. The Kier molecular flexibility index (Phi) is 10.2. The number of halogens is 4. The summed E-state index contributed by atoms with van der Waals surface area (Å²) in [5.74, 6) is -1.26. The van der Waals surface area contributed by atoms with Crippen LogP contribution in [0.4, 0.5) is 44.2 Å². The van der Waals surface area contributed by atoms with Crippen LogP contribution in [0, 0.1) is 11.7 Å². The summed E-state index contributed by atoms with van der Waals surface area (Å²) in [6, 6.07) is 11.9. The number of amides is 5. The lowest BCUT2D eigenvalue weighted by Gasteiger charge is -2.38. The lowest BCUT2D eigenvalue weighted by molar-refractivity contribution is -0.137. The molecule has 0 saturated carbocycles. The summed E-state index contributed by atoms with van der Waals surface area (Å²) in [6.45, 7) is 3.33. The van der Waals surface area contributed by atoms with Gasteiger partial charge in [-0.25, -0.2) is 14.0 Å². The summed E-state index contributed by atoms with van der Waals surface area (Å²) in [7, 11) is 1.48. The van der Waals surface area contributed by atoms with E-state index in [2.05, 4.69) is 16.0 Å². The second-order valence-corrected chi connectivity index (χ2v) is 10.8. The van der Waals surface area contributed by atoms with Crippen LogP contribution in [-0.2, 0) is 6.18 Å². The van der Waals surface area contributed by atoms with Crippen molar-refractivity contribution in [1.29, 1.82) is 0 Å². The second kappa shape index (κ2) is 13.8.